The van der Waals surface area contributed by atoms with Gasteiger partial charge in [-0.1, -0.05) is 24.8 Å². The van der Waals surface area contributed by atoms with Gasteiger partial charge in [0.05, 0.1) is 0 Å². The monoisotopic (exact) mass is 190 g/mol. The van der Waals surface area contributed by atoms with Crippen LogP contribution in [-0.4, -0.2) is 20.1 Å². The van der Waals surface area contributed by atoms with Crippen molar-refractivity contribution in [1.82, 2.24) is 0 Å². The van der Waals surface area contributed by atoms with Crippen molar-refractivity contribution in [1.29, 1.82) is 0 Å². The lowest BCUT2D eigenvalue weighted by molar-refractivity contribution is 0.944. The molecule has 0 spiro atoms. The van der Waals surface area contributed by atoms with Crippen LogP contribution in [-0.2, 0) is 0 Å². The number of hydrogen-bond donors (Lipinski definition) is 1. The van der Waals surface area contributed by atoms with Crippen LogP contribution in [0.1, 0.15) is 5.56 Å². The Hall–Kier alpha value is -1.28. The Morgan fingerprint density at radius 1 is 1.43 bits per heavy atom. The average molecular weight is 190 g/mol. The van der Waals surface area contributed by atoms with Crippen molar-refractivity contribution in [2.45, 2.75) is 6.92 Å². The van der Waals surface area contributed by atoms with E-state index < -0.39 is 0 Å². The van der Waals surface area contributed by atoms with Gasteiger partial charge >= 0.3 is 0 Å². The Morgan fingerprint density at radius 2 is 2.07 bits per heavy atom. The van der Waals surface area contributed by atoms with Crippen molar-refractivity contribution in [3.05, 3.63) is 42.0 Å². The first-order valence-corrected chi connectivity index (χ1v) is 4.78. The van der Waals surface area contributed by atoms with Gasteiger partial charge in [-0.3, -0.25) is 0 Å². The van der Waals surface area contributed by atoms with Crippen molar-refractivity contribution >= 4 is 5.69 Å². The summed E-state index contributed by atoms with van der Waals surface area (Å²) in [5.74, 6) is 0. The largest absolute Gasteiger partial charge is 0.370 e. The molecule has 1 rings (SSSR count). The van der Waals surface area contributed by atoms with Gasteiger partial charge in [-0.2, -0.15) is 0 Å². The maximum Gasteiger partial charge on any atom is 0.0396 e. The van der Waals surface area contributed by atoms with Crippen molar-refractivity contribution in [2.75, 3.05) is 25.0 Å². The predicted octanol–water partition coefficient (Wildman–Crippen LogP) is 1.95. The van der Waals surface area contributed by atoms with Crippen LogP contribution in [0.4, 0.5) is 5.69 Å². The minimum Gasteiger partial charge on any atom is -0.370 e. The summed E-state index contributed by atoms with van der Waals surface area (Å²) in [6.45, 7) is 7.38. The molecule has 0 fully saturated rings. The minimum absolute atomic E-state index is 0.552. The molecule has 2 heteroatoms. The molecule has 0 saturated heterocycles. The fourth-order valence-corrected chi connectivity index (χ4v) is 1.48. The summed E-state index contributed by atoms with van der Waals surface area (Å²) in [7, 11) is 2.06. The van der Waals surface area contributed by atoms with Crippen molar-refractivity contribution in [3.8, 4) is 0 Å². The lowest BCUT2D eigenvalue weighted by Crippen LogP contribution is -2.23. The highest BCUT2D eigenvalue weighted by Gasteiger charge is 2.03. The topological polar surface area (TPSA) is 29.3 Å². The van der Waals surface area contributed by atoms with E-state index in [0.29, 0.717) is 6.54 Å². The lowest BCUT2D eigenvalue weighted by Gasteiger charge is -2.21. The van der Waals surface area contributed by atoms with Gasteiger partial charge in [0, 0.05) is 25.8 Å². The molecule has 0 radical (unpaired) electrons. The molecule has 14 heavy (non-hydrogen) atoms. The van der Waals surface area contributed by atoms with Crippen LogP contribution in [0.25, 0.3) is 0 Å². The summed E-state index contributed by atoms with van der Waals surface area (Å²) in [5, 5.41) is 0. The molecule has 0 atom stereocenters. The molecular weight excluding hydrogens is 172 g/mol. The van der Waals surface area contributed by atoms with Crippen LogP contribution in [0.5, 0.6) is 0 Å². The number of rotatable bonds is 4. The standard InChI is InChI=1S/C12H18N2/c1-10(8-13)9-14(3)12-7-5-4-6-11(12)2/h4-7H,1,8-9,13H2,2-3H3. The Labute approximate surface area is 86.0 Å². The molecule has 0 aliphatic rings. The smallest absolute Gasteiger partial charge is 0.0396 e. The summed E-state index contributed by atoms with van der Waals surface area (Å²) in [6, 6.07) is 8.31. The number of aryl methyl sites for hydroxylation is 1. The molecule has 0 amide bonds. The highest BCUT2D eigenvalue weighted by molar-refractivity contribution is 5.53. The molecular formula is C12H18N2. The van der Waals surface area contributed by atoms with E-state index >= 15 is 0 Å². The van der Waals surface area contributed by atoms with E-state index in [1.165, 1.54) is 11.3 Å². The summed E-state index contributed by atoms with van der Waals surface area (Å²) >= 11 is 0. The summed E-state index contributed by atoms with van der Waals surface area (Å²) in [4.78, 5) is 2.17. The van der Waals surface area contributed by atoms with Crippen LogP contribution in [0, 0.1) is 6.92 Å². The van der Waals surface area contributed by atoms with Gasteiger partial charge in [0.15, 0.2) is 0 Å². The number of likely N-dealkylation sites (N-methyl/N-ethyl adjacent to an activating group) is 1. The Bertz CT molecular complexity index is 318. The van der Waals surface area contributed by atoms with Gasteiger partial charge in [-0.05, 0) is 24.1 Å². The SMILES string of the molecule is C=C(CN)CN(C)c1ccccc1C. The highest BCUT2D eigenvalue weighted by Crippen LogP contribution is 2.18. The van der Waals surface area contributed by atoms with Gasteiger partial charge in [0.25, 0.3) is 0 Å². The fourth-order valence-electron chi connectivity index (χ4n) is 1.48. The van der Waals surface area contributed by atoms with E-state index in [0.717, 1.165) is 12.1 Å². The van der Waals surface area contributed by atoms with Crippen LogP contribution >= 0.6 is 0 Å². The van der Waals surface area contributed by atoms with E-state index in [-0.39, 0.29) is 0 Å². The second-order valence-corrected chi connectivity index (χ2v) is 3.60. The zero-order valence-electron chi connectivity index (χ0n) is 8.96. The molecule has 0 unspecified atom stereocenters. The third-order valence-corrected chi connectivity index (χ3v) is 2.28. The average Bonchev–Trinajstić information content (AvgIpc) is 2.18. The van der Waals surface area contributed by atoms with E-state index in [1.54, 1.807) is 0 Å². The van der Waals surface area contributed by atoms with Crippen LogP contribution in [0.2, 0.25) is 0 Å². The highest BCUT2D eigenvalue weighted by atomic mass is 15.1. The molecule has 2 nitrogen and oxygen atoms in total. The van der Waals surface area contributed by atoms with Gasteiger partial charge in [-0.15, -0.1) is 0 Å². The molecule has 0 aliphatic carbocycles. The lowest BCUT2D eigenvalue weighted by atomic mass is 10.1. The predicted molar refractivity (Wildman–Crippen MR) is 62.6 cm³/mol. The Balaban J connectivity index is 2.74. The number of hydrogen-bond acceptors (Lipinski definition) is 2. The Kier molecular flexibility index (Phi) is 3.72. The normalized spacial score (nSPS) is 9.93. The first-order chi connectivity index (χ1) is 6.65. The zero-order valence-corrected chi connectivity index (χ0v) is 8.96. The minimum atomic E-state index is 0.552. The first-order valence-electron chi connectivity index (χ1n) is 4.78. The maximum absolute atomic E-state index is 5.51. The second kappa shape index (κ2) is 4.82. The fraction of sp³-hybridized carbons (Fsp3) is 0.333. The second-order valence-electron chi connectivity index (χ2n) is 3.60. The molecule has 0 heterocycles. The molecule has 0 bridgehead atoms. The quantitative estimate of drug-likeness (QED) is 0.735. The van der Waals surface area contributed by atoms with Crippen LogP contribution < -0.4 is 10.6 Å². The third-order valence-electron chi connectivity index (χ3n) is 2.28. The van der Waals surface area contributed by atoms with E-state index in [1.807, 2.05) is 12.1 Å². The third kappa shape index (κ3) is 2.60. The Morgan fingerprint density at radius 3 is 2.64 bits per heavy atom. The first kappa shape index (κ1) is 10.8. The van der Waals surface area contributed by atoms with Gasteiger partial charge < -0.3 is 10.6 Å². The van der Waals surface area contributed by atoms with Crippen molar-refractivity contribution < 1.29 is 0 Å². The molecule has 2 N–H and O–H groups in total. The van der Waals surface area contributed by atoms with Crippen LogP contribution in [0.3, 0.4) is 0 Å². The zero-order chi connectivity index (χ0) is 10.6. The summed E-state index contributed by atoms with van der Waals surface area (Å²) in [5.41, 5.74) is 9.08. The molecule has 0 aromatic heterocycles. The summed E-state index contributed by atoms with van der Waals surface area (Å²) < 4.78 is 0. The van der Waals surface area contributed by atoms with E-state index in [9.17, 15) is 0 Å². The van der Waals surface area contributed by atoms with Gasteiger partial charge in [-0.25, -0.2) is 0 Å². The van der Waals surface area contributed by atoms with Crippen LogP contribution in [0.15, 0.2) is 36.4 Å². The molecule has 0 saturated carbocycles. The number of benzene rings is 1. The molecule has 1 aromatic carbocycles. The number of nitrogens with two attached hydrogens (primary N) is 1. The van der Waals surface area contributed by atoms with Gasteiger partial charge in [0.1, 0.15) is 0 Å². The number of anilines is 1. The molecule has 0 aliphatic heterocycles. The van der Waals surface area contributed by atoms with E-state index in [4.69, 9.17) is 5.73 Å². The maximum atomic E-state index is 5.51. The van der Waals surface area contributed by atoms with Crippen molar-refractivity contribution in [3.63, 3.8) is 0 Å². The van der Waals surface area contributed by atoms with Crippen molar-refractivity contribution in [2.24, 2.45) is 5.73 Å². The summed E-state index contributed by atoms with van der Waals surface area (Å²) in [6.07, 6.45) is 0. The molecule has 76 valence electrons. The van der Waals surface area contributed by atoms with Gasteiger partial charge in [0.2, 0.25) is 0 Å². The number of nitrogens with zero attached hydrogens (tertiary/aromatic N) is 1. The number of para-hydroxylation sites is 1. The molecule has 1 aromatic rings. The van der Waals surface area contributed by atoms with E-state index in [2.05, 4.69) is 37.6 Å².